The zero-order valence-corrected chi connectivity index (χ0v) is 12.7. The van der Waals surface area contributed by atoms with Crippen LogP contribution in [0, 0.1) is 6.92 Å². The van der Waals surface area contributed by atoms with Gasteiger partial charge in [0, 0.05) is 18.9 Å². The molecule has 1 amide bonds. The molecule has 7 nitrogen and oxygen atoms in total. The smallest absolute Gasteiger partial charge is 0.258 e. The predicted octanol–water partition coefficient (Wildman–Crippen LogP) is 1.35. The molecule has 1 heterocycles. The number of sulfonamides is 1. The van der Waals surface area contributed by atoms with E-state index < -0.39 is 10.0 Å². The zero-order valence-electron chi connectivity index (χ0n) is 11.9. The maximum absolute atomic E-state index is 12.0. The summed E-state index contributed by atoms with van der Waals surface area (Å²) >= 11 is 0. The van der Waals surface area contributed by atoms with Crippen molar-refractivity contribution in [3.8, 4) is 0 Å². The number of amides is 1. The van der Waals surface area contributed by atoms with Gasteiger partial charge in [0.25, 0.3) is 5.91 Å². The largest absolute Gasteiger partial charge is 0.322 e. The Morgan fingerprint density at radius 3 is 2.62 bits per heavy atom. The number of nitrogens with zero attached hydrogens (tertiary/aromatic N) is 2. The zero-order chi connectivity index (χ0) is 15.6. The molecule has 1 aromatic heterocycles. The summed E-state index contributed by atoms with van der Waals surface area (Å²) < 4.78 is 26.5. The topological polar surface area (TPSA) is 93.1 Å². The maximum Gasteiger partial charge on any atom is 0.258 e. The lowest BCUT2D eigenvalue weighted by molar-refractivity contribution is 0.102. The van der Waals surface area contributed by atoms with Gasteiger partial charge in [-0.2, -0.15) is 5.10 Å². The molecule has 0 bridgehead atoms. The fourth-order valence-electron chi connectivity index (χ4n) is 1.75. The third-order valence-corrected chi connectivity index (χ3v) is 3.35. The van der Waals surface area contributed by atoms with E-state index in [1.165, 1.54) is 10.9 Å². The minimum Gasteiger partial charge on any atom is -0.322 e. The van der Waals surface area contributed by atoms with Crippen molar-refractivity contribution < 1.29 is 13.2 Å². The molecule has 0 aliphatic carbocycles. The van der Waals surface area contributed by atoms with Crippen LogP contribution in [0.3, 0.4) is 0 Å². The van der Waals surface area contributed by atoms with Gasteiger partial charge in [-0.1, -0.05) is 6.07 Å². The summed E-state index contributed by atoms with van der Waals surface area (Å²) in [5, 5.41) is 6.62. The molecule has 8 heteroatoms. The highest BCUT2D eigenvalue weighted by atomic mass is 32.2. The first-order valence-corrected chi connectivity index (χ1v) is 8.02. The molecule has 0 fully saturated rings. The van der Waals surface area contributed by atoms with Crippen LogP contribution in [-0.4, -0.2) is 30.4 Å². The highest BCUT2D eigenvalue weighted by Gasteiger charge is 2.10. The molecule has 0 spiro atoms. The molecular formula is C13H16N4O3S. The van der Waals surface area contributed by atoms with Gasteiger partial charge in [0.15, 0.2) is 0 Å². The van der Waals surface area contributed by atoms with Crippen molar-refractivity contribution in [2.75, 3.05) is 16.3 Å². The average Bonchev–Trinajstić information content (AvgIpc) is 2.78. The van der Waals surface area contributed by atoms with E-state index in [1.54, 1.807) is 38.4 Å². The van der Waals surface area contributed by atoms with Gasteiger partial charge < -0.3 is 5.32 Å². The molecule has 2 N–H and O–H groups in total. The van der Waals surface area contributed by atoms with Crippen molar-refractivity contribution in [2.24, 2.45) is 7.05 Å². The molecule has 0 aliphatic rings. The lowest BCUT2D eigenvalue weighted by Crippen LogP contribution is -2.13. The number of carbonyl (C=O) groups excluding carboxylic acids is 1. The fraction of sp³-hybridized carbons (Fsp3) is 0.231. The van der Waals surface area contributed by atoms with Crippen LogP contribution in [-0.2, 0) is 17.1 Å². The van der Waals surface area contributed by atoms with E-state index in [0.29, 0.717) is 16.9 Å². The second-order valence-electron chi connectivity index (χ2n) is 4.76. The molecule has 1 aromatic carbocycles. The first-order chi connectivity index (χ1) is 9.74. The van der Waals surface area contributed by atoms with Crippen molar-refractivity contribution in [2.45, 2.75) is 6.92 Å². The van der Waals surface area contributed by atoms with Crippen molar-refractivity contribution >= 4 is 27.3 Å². The molecule has 0 saturated heterocycles. The SMILES string of the molecule is Cc1ccc(NC(=O)c2cnn(C)c2)cc1NS(C)(=O)=O. The molecule has 2 aromatic rings. The van der Waals surface area contributed by atoms with E-state index in [9.17, 15) is 13.2 Å². The fourth-order valence-corrected chi connectivity index (χ4v) is 2.37. The average molecular weight is 308 g/mol. The van der Waals surface area contributed by atoms with Crippen LogP contribution in [0.1, 0.15) is 15.9 Å². The van der Waals surface area contributed by atoms with Crippen LogP contribution in [0.5, 0.6) is 0 Å². The molecule has 0 radical (unpaired) electrons. The highest BCUT2D eigenvalue weighted by Crippen LogP contribution is 2.21. The van der Waals surface area contributed by atoms with Crippen LogP contribution >= 0.6 is 0 Å². The Bertz CT molecular complexity index is 780. The number of aromatic nitrogens is 2. The Labute approximate surface area is 123 Å². The number of hydrogen-bond acceptors (Lipinski definition) is 4. The Morgan fingerprint density at radius 1 is 1.33 bits per heavy atom. The quantitative estimate of drug-likeness (QED) is 0.891. The Kier molecular flexibility index (Phi) is 3.99. The monoisotopic (exact) mass is 308 g/mol. The van der Waals surface area contributed by atoms with Gasteiger partial charge in [-0.05, 0) is 24.6 Å². The molecule has 0 atom stereocenters. The third-order valence-electron chi connectivity index (χ3n) is 2.76. The highest BCUT2D eigenvalue weighted by molar-refractivity contribution is 7.92. The molecule has 112 valence electrons. The normalized spacial score (nSPS) is 11.2. The minimum absolute atomic E-state index is 0.308. The maximum atomic E-state index is 12.0. The Balaban J connectivity index is 2.21. The van der Waals surface area contributed by atoms with Crippen LogP contribution in [0.15, 0.2) is 30.6 Å². The Hall–Kier alpha value is -2.35. The van der Waals surface area contributed by atoms with Gasteiger partial charge >= 0.3 is 0 Å². The predicted molar refractivity (Wildman–Crippen MR) is 80.8 cm³/mol. The number of nitrogens with one attached hydrogen (secondary N) is 2. The van der Waals surface area contributed by atoms with Crippen molar-refractivity contribution in [1.82, 2.24) is 9.78 Å². The lowest BCUT2D eigenvalue weighted by Gasteiger charge is -2.10. The lowest BCUT2D eigenvalue weighted by atomic mass is 10.2. The minimum atomic E-state index is -3.37. The summed E-state index contributed by atoms with van der Waals surface area (Å²) in [6.45, 7) is 1.78. The summed E-state index contributed by atoms with van der Waals surface area (Å²) in [7, 11) is -1.65. The first kappa shape index (κ1) is 15.0. The molecule has 2 rings (SSSR count). The number of benzene rings is 1. The molecular weight excluding hydrogens is 292 g/mol. The molecule has 0 saturated carbocycles. The summed E-state index contributed by atoms with van der Waals surface area (Å²) in [6, 6.07) is 5.01. The third kappa shape index (κ3) is 4.06. The standard InChI is InChI=1S/C13H16N4O3S/c1-9-4-5-11(6-12(9)16-21(3,19)20)15-13(18)10-7-14-17(2)8-10/h4-8,16H,1-3H3,(H,15,18). The van der Waals surface area contributed by atoms with Gasteiger partial charge in [-0.15, -0.1) is 0 Å². The van der Waals surface area contributed by atoms with E-state index in [4.69, 9.17) is 0 Å². The summed E-state index contributed by atoms with van der Waals surface area (Å²) in [6.07, 6.45) is 4.13. The van der Waals surface area contributed by atoms with Crippen LogP contribution in [0.2, 0.25) is 0 Å². The van der Waals surface area contributed by atoms with Crippen molar-refractivity contribution in [3.63, 3.8) is 0 Å². The Morgan fingerprint density at radius 2 is 2.05 bits per heavy atom. The molecule has 0 aliphatic heterocycles. The van der Waals surface area contributed by atoms with Crippen molar-refractivity contribution in [3.05, 3.63) is 41.7 Å². The van der Waals surface area contributed by atoms with Gasteiger partial charge in [0.05, 0.1) is 23.7 Å². The second kappa shape index (κ2) is 5.57. The first-order valence-electron chi connectivity index (χ1n) is 6.13. The molecule has 0 unspecified atom stereocenters. The van der Waals surface area contributed by atoms with Gasteiger partial charge in [0.2, 0.25) is 10.0 Å². The van der Waals surface area contributed by atoms with E-state index in [0.717, 1.165) is 11.8 Å². The van der Waals surface area contributed by atoms with E-state index in [2.05, 4.69) is 15.1 Å². The number of aryl methyl sites for hydroxylation is 2. The molecule has 21 heavy (non-hydrogen) atoms. The second-order valence-corrected chi connectivity index (χ2v) is 6.51. The number of anilines is 2. The van der Waals surface area contributed by atoms with Gasteiger partial charge in [-0.25, -0.2) is 8.42 Å². The summed E-state index contributed by atoms with van der Waals surface area (Å²) in [5.41, 5.74) is 2.12. The van der Waals surface area contributed by atoms with Gasteiger partial charge in [-0.3, -0.25) is 14.2 Å². The van der Waals surface area contributed by atoms with Crippen LogP contribution in [0.25, 0.3) is 0 Å². The van der Waals surface area contributed by atoms with Crippen LogP contribution in [0.4, 0.5) is 11.4 Å². The van der Waals surface area contributed by atoms with E-state index in [-0.39, 0.29) is 5.91 Å². The van der Waals surface area contributed by atoms with E-state index >= 15 is 0 Å². The van der Waals surface area contributed by atoms with Crippen LogP contribution < -0.4 is 10.0 Å². The number of carbonyl (C=O) groups is 1. The number of rotatable bonds is 4. The van der Waals surface area contributed by atoms with Gasteiger partial charge in [0.1, 0.15) is 0 Å². The summed E-state index contributed by atoms with van der Waals surface area (Å²) in [5.74, 6) is -0.308. The van der Waals surface area contributed by atoms with Crippen molar-refractivity contribution in [1.29, 1.82) is 0 Å². The number of hydrogen-bond donors (Lipinski definition) is 2. The summed E-state index contributed by atoms with van der Waals surface area (Å²) in [4.78, 5) is 12.0. The van der Waals surface area contributed by atoms with E-state index in [1.807, 2.05) is 0 Å².